The Kier molecular flexibility index (Phi) is 8.83. The third kappa shape index (κ3) is 6.48. The van der Waals surface area contributed by atoms with Crippen LogP contribution >= 0.6 is 0 Å². The number of carbonyl (C=O) groups is 4. The van der Waals surface area contributed by atoms with Crippen LogP contribution in [-0.2, 0) is 43.3 Å². The molecule has 0 heterocycles. The van der Waals surface area contributed by atoms with Gasteiger partial charge in [-0.15, -0.1) is 0 Å². The van der Waals surface area contributed by atoms with Crippen molar-refractivity contribution >= 4 is 23.9 Å². The molecule has 3 N–H and O–H groups in total. The molecule has 40 heavy (non-hydrogen) atoms. The van der Waals surface area contributed by atoms with Crippen molar-refractivity contribution in [1.29, 1.82) is 0 Å². The minimum absolute atomic E-state index is 0.0295. The Morgan fingerprint density at radius 1 is 0.775 bits per heavy atom. The fourth-order valence-electron chi connectivity index (χ4n) is 4.82. The number of methoxy groups -OCH3 is 1. The van der Waals surface area contributed by atoms with E-state index in [9.17, 15) is 19.2 Å². The van der Waals surface area contributed by atoms with Gasteiger partial charge >= 0.3 is 12.1 Å². The molecular formula is C31H33N3O6. The second kappa shape index (κ2) is 12.5. The fourth-order valence-corrected chi connectivity index (χ4v) is 4.82. The topological polar surface area (TPSA) is 123 Å². The first kappa shape index (κ1) is 28.4. The van der Waals surface area contributed by atoms with Crippen LogP contribution in [0.3, 0.4) is 0 Å². The number of alkyl carbamates (subject to hydrolysis) is 1. The van der Waals surface area contributed by atoms with E-state index in [2.05, 4.69) is 20.7 Å². The lowest BCUT2D eigenvalue weighted by atomic mass is 9.85. The Morgan fingerprint density at radius 3 is 1.90 bits per heavy atom. The number of rotatable bonds is 8. The van der Waals surface area contributed by atoms with Gasteiger partial charge in [-0.2, -0.15) is 0 Å². The fraction of sp³-hybridized carbons (Fsp3) is 0.290. The highest BCUT2D eigenvalue weighted by Gasteiger charge is 2.44. The zero-order valence-corrected chi connectivity index (χ0v) is 22.7. The highest BCUT2D eigenvalue weighted by Crippen LogP contribution is 2.36. The smallest absolute Gasteiger partial charge is 0.408 e. The molecule has 9 nitrogen and oxygen atoms in total. The molecule has 0 saturated carbocycles. The quantitative estimate of drug-likeness (QED) is 0.375. The number of hydrogen-bond donors (Lipinski definition) is 3. The highest BCUT2D eigenvalue weighted by atomic mass is 16.5. The normalized spacial score (nSPS) is 14.7. The summed E-state index contributed by atoms with van der Waals surface area (Å²) >= 11 is 0. The molecule has 1 aliphatic carbocycles. The number of ether oxygens (including phenoxy) is 2. The molecule has 0 radical (unpaired) electrons. The van der Waals surface area contributed by atoms with Crippen LogP contribution in [0.2, 0.25) is 0 Å². The predicted octanol–water partition coefficient (Wildman–Crippen LogP) is 3.30. The minimum Gasteiger partial charge on any atom is -0.467 e. The summed E-state index contributed by atoms with van der Waals surface area (Å²) in [4.78, 5) is 51.8. The van der Waals surface area contributed by atoms with E-state index in [-0.39, 0.29) is 19.4 Å². The van der Waals surface area contributed by atoms with Crippen molar-refractivity contribution in [1.82, 2.24) is 16.0 Å². The first-order chi connectivity index (χ1) is 19.2. The van der Waals surface area contributed by atoms with E-state index in [4.69, 9.17) is 4.74 Å². The van der Waals surface area contributed by atoms with E-state index in [1.807, 2.05) is 78.9 Å². The van der Waals surface area contributed by atoms with E-state index < -0.39 is 41.5 Å². The van der Waals surface area contributed by atoms with E-state index in [1.54, 1.807) is 0 Å². The van der Waals surface area contributed by atoms with Crippen molar-refractivity contribution in [2.24, 2.45) is 0 Å². The van der Waals surface area contributed by atoms with Crippen LogP contribution in [-0.4, -0.2) is 48.6 Å². The Balaban J connectivity index is 1.64. The zero-order chi connectivity index (χ0) is 28.7. The van der Waals surface area contributed by atoms with Gasteiger partial charge in [0, 0.05) is 12.8 Å². The summed E-state index contributed by atoms with van der Waals surface area (Å²) in [5.74, 6) is -1.73. The number of esters is 1. The molecule has 208 valence electrons. The maximum atomic E-state index is 14.0. The van der Waals surface area contributed by atoms with Crippen LogP contribution in [0.1, 0.15) is 30.5 Å². The molecule has 0 bridgehead atoms. The van der Waals surface area contributed by atoms with Gasteiger partial charge in [0.1, 0.15) is 24.2 Å². The van der Waals surface area contributed by atoms with E-state index in [0.29, 0.717) is 0 Å². The average Bonchev–Trinajstić information content (AvgIpc) is 3.10. The molecule has 9 heteroatoms. The molecule has 1 aliphatic rings. The number of hydrogen-bond acceptors (Lipinski definition) is 6. The summed E-state index contributed by atoms with van der Waals surface area (Å²) in [6.07, 6.45) is -0.430. The molecule has 0 saturated heterocycles. The molecule has 0 fully saturated rings. The Labute approximate surface area is 233 Å². The Bertz CT molecular complexity index is 1340. The van der Waals surface area contributed by atoms with Crippen LogP contribution in [0.25, 0.3) is 11.1 Å². The van der Waals surface area contributed by atoms with Gasteiger partial charge in [-0.1, -0.05) is 78.9 Å². The third-order valence-electron chi connectivity index (χ3n) is 6.95. The molecule has 4 rings (SSSR count). The maximum absolute atomic E-state index is 14.0. The molecule has 0 aliphatic heterocycles. The van der Waals surface area contributed by atoms with Crippen molar-refractivity contribution in [3.8, 4) is 11.1 Å². The standard InChI is InChI=1S/C31H33N3O6/c1-20(27(35)32-21(2)28(36)39-3)33-29(37)31(34-30(38)40-19-22-11-5-4-6-12-22)17-23-13-7-9-15-25(23)26-16-10-8-14-24(26)18-31/h4-16,20-21H,17-19H2,1-3H3,(H,32,35)(H,33,37)(H,34,38)/t20-,21-/m0/s1. The molecule has 2 atom stereocenters. The lowest BCUT2D eigenvalue weighted by Gasteiger charge is -2.33. The molecule has 0 aromatic heterocycles. The Morgan fingerprint density at radius 2 is 1.32 bits per heavy atom. The van der Waals surface area contributed by atoms with Crippen LogP contribution in [0.5, 0.6) is 0 Å². The number of carbonyl (C=O) groups excluding carboxylic acids is 4. The minimum atomic E-state index is -1.47. The van der Waals surface area contributed by atoms with Crippen molar-refractivity contribution in [3.63, 3.8) is 0 Å². The van der Waals surface area contributed by atoms with Gasteiger partial charge in [-0.05, 0) is 41.7 Å². The SMILES string of the molecule is COC(=O)[C@H](C)NC(=O)[C@H](C)NC(=O)C1(NC(=O)OCc2ccccc2)Cc2ccccc2-c2ccccc2C1. The summed E-state index contributed by atoms with van der Waals surface area (Å²) in [6.45, 7) is 3.03. The summed E-state index contributed by atoms with van der Waals surface area (Å²) < 4.78 is 10.2. The monoisotopic (exact) mass is 543 g/mol. The van der Waals surface area contributed by atoms with Crippen LogP contribution < -0.4 is 16.0 Å². The highest BCUT2D eigenvalue weighted by molar-refractivity contribution is 5.96. The summed E-state index contributed by atoms with van der Waals surface area (Å²) in [7, 11) is 1.23. The molecule has 3 amide bonds. The predicted molar refractivity (Wildman–Crippen MR) is 149 cm³/mol. The first-order valence-corrected chi connectivity index (χ1v) is 13.1. The van der Waals surface area contributed by atoms with E-state index in [1.165, 1.54) is 21.0 Å². The van der Waals surface area contributed by atoms with Gasteiger partial charge in [-0.25, -0.2) is 9.59 Å². The average molecular weight is 544 g/mol. The van der Waals surface area contributed by atoms with Gasteiger partial charge in [0.2, 0.25) is 11.8 Å². The number of benzene rings is 3. The molecule has 3 aromatic rings. The molecule has 0 unspecified atom stereocenters. The lowest BCUT2D eigenvalue weighted by Crippen LogP contribution is -2.64. The number of fused-ring (bicyclic) bond motifs is 3. The van der Waals surface area contributed by atoms with Crippen LogP contribution in [0.15, 0.2) is 78.9 Å². The zero-order valence-electron chi connectivity index (χ0n) is 22.7. The van der Waals surface area contributed by atoms with Gasteiger partial charge in [0.15, 0.2) is 0 Å². The first-order valence-electron chi connectivity index (χ1n) is 13.1. The summed E-state index contributed by atoms with van der Waals surface area (Å²) in [5, 5.41) is 8.14. The largest absolute Gasteiger partial charge is 0.467 e. The Hall–Kier alpha value is -4.66. The number of amides is 3. The second-order valence-corrected chi connectivity index (χ2v) is 9.89. The van der Waals surface area contributed by atoms with Crippen LogP contribution in [0.4, 0.5) is 4.79 Å². The summed E-state index contributed by atoms with van der Waals surface area (Å²) in [5.41, 5.74) is 2.98. The van der Waals surface area contributed by atoms with Gasteiger partial charge < -0.3 is 25.4 Å². The van der Waals surface area contributed by atoms with Crippen molar-refractivity contribution in [2.45, 2.75) is 50.9 Å². The van der Waals surface area contributed by atoms with Gasteiger partial charge in [-0.3, -0.25) is 9.59 Å². The van der Waals surface area contributed by atoms with Crippen molar-refractivity contribution in [3.05, 3.63) is 95.6 Å². The molecule has 0 spiro atoms. The van der Waals surface area contributed by atoms with E-state index >= 15 is 0 Å². The van der Waals surface area contributed by atoms with E-state index in [0.717, 1.165) is 27.8 Å². The summed E-state index contributed by atoms with van der Waals surface area (Å²) in [6, 6.07) is 22.8. The van der Waals surface area contributed by atoms with Gasteiger partial charge in [0.05, 0.1) is 7.11 Å². The van der Waals surface area contributed by atoms with Crippen molar-refractivity contribution < 1.29 is 28.7 Å². The van der Waals surface area contributed by atoms with Crippen molar-refractivity contribution in [2.75, 3.05) is 7.11 Å². The van der Waals surface area contributed by atoms with Gasteiger partial charge in [0.25, 0.3) is 0 Å². The van der Waals surface area contributed by atoms with Crippen LogP contribution in [0, 0.1) is 0 Å². The number of nitrogens with one attached hydrogen (secondary N) is 3. The maximum Gasteiger partial charge on any atom is 0.408 e. The third-order valence-corrected chi connectivity index (χ3v) is 6.95. The molecule has 3 aromatic carbocycles. The second-order valence-electron chi connectivity index (χ2n) is 9.89. The molecular weight excluding hydrogens is 510 g/mol. The lowest BCUT2D eigenvalue weighted by molar-refractivity contribution is -0.144.